The van der Waals surface area contributed by atoms with Crippen molar-refractivity contribution in [2.75, 3.05) is 19.0 Å². The zero-order valence-corrected chi connectivity index (χ0v) is 23.1. The molecule has 1 aliphatic rings. The lowest BCUT2D eigenvalue weighted by Gasteiger charge is -2.31. The number of alkyl halides is 3. The number of anilines is 1. The number of halogens is 3. The van der Waals surface area contributed by atoms with E-state index in [0.29, 0.717) is 41.2 Å². The van der Waals surface area contributed by atoms with Gasteiger partial charge in [0.2, 0.25) is 5.91 Å². The first-order valence-corrected chi connectivity index (χ1v) is 12.9. The van der Waals surface area contributed by atoms with E-state index in [1.54, 1.807) is 57.2 Å². The van der Waals surface area contributed by atoms with Crippen LogP contribution in [-0.2, 0) is 31.7 Å². The van der Waals surface area contributed by atoms with Crippen LogP contribution in [0.5, 0.6) is 5.75 Å². The zero-order valence-electron chi connectivity index (χ0n) is 23.1. The van der Waals surface area contributed by atoms with Crippen molar-refractivity contribution in [3.8, 4) is 28.0 Å². The number of carbonyl (C=O) groups is 2. The molecule has 9 heteroatoms. The Morgan fingerprint density at radius 3 is 2.25 bits per heavy atom. The SMILES string of the molecule is COC(=O)C(OC(C)(C)C)c1c(C(F)(F)F)ccc(-c2ccc(NC(C)=O)cc2)c1-c1ccc2c(c1)CCCO2. The first kappa shape index (κ1) is 29.1. The van der Waals surface area contributed by atoms with Crippen LogP contribution < -0.4 is 10.1 Å². The molecule has 212 valence electrons. The second-order valence-corrected chi connectivity index (χ2v) is 10.6. The summed E-state index contributed by atoms with van der Waals surface area (Å²) in [6.45, 7) is 6.94. The van der Waals surface area contributed by atoms with Crippen LogP contribution in [0.2, 0.25) is 0 Å². The standard InChI is InChI=1S/C31H32F3NO5/c1-18(36)35-22-11-8-19(9-12-22)23-13-14-24(31(32,33)34)27(28(29(37)38-5)40-30(2,3)4)26(23)21-10-15-25-20(17-21)7-6-16-39-25/h8-15,17,28H,6-7,16H2,1-5H3,(H,35,36). The van der Waals surface area contributed by atoms with Gasteiger partial charge in [-0.15, -0.1) is 0 Å². The summed E-state index contributed by atoms with van der Waals surface area (Å²) in [4.78, 5) is 24.6. The van der Waals surface area contributed by atoms with Gasteiger partial charge in [-0.3, -0.25) is 4.79 Å². The van der Waals surface area contributed by atoms with Gasteiger partial charge in [-0.25, -0.2) is 4.79 Å². The molecule has 0 aliphatic carbocycles. The molecule has 0 radical (unpaired) electrons. The predicted octanol–water partition coefficient (Wildman–Crippen LogP) is 7.35. The number of methoxy groups -OCH3 is 1. The second-order valence-electron chi connectivity index (χ2n) is 10.6. The van der Waals surface area contributed by atoms with E-state index in [1.165, 1.54) is 13.0 Å². The van der Waals surface area contributed by atoms with Gasteiger partial charge in [-0.1, -0.05) is 24.3 Å². The molecular formula is C31H32F3NO5. The van der Waals surface area contributed by atoms with Gasteiger partial charge >= 0.3 is 12.1 Å². The van der Waals surface area contributed by atoms with Crippen molar-refractivity contribution >= 4 is 17.6 Å². The molecule has 0 saturated heterocycles. The van der Waals surface area contributed by atoms with Crippen molar-refractivity contribution in [3.05, 3.63) is 71.3 Å². The van der Waals surface area contributed by atoms with Crippen LogP contribution in [0, 0.1) is 0 Å². The summed E-state index contributed by atoms with van der Waals surface area (Å²) in [7, 11) is 1.12. The van der Waals surface area contributed by atoms with Crippen LogP contribution in [-0.4, -0.2) is 31.2 Å². The predicted molar refractivity (Wildman–Crippen MR) is 146 cm³/mol. The van der Waals surface area contributed by atoms with E-state index in [4.69, 9.17) is 14.2 Å². The molecule has 0 spiro atoms. The monoisotopic (exact) mass is 555 g/mol. The lowest BCUT2D eigenvalue weighted by molar-refractivity contribution is -0.166. The number of carbonyl (C=O) groups excluding carboxylic acids is 2. The number of aryl methyl sites for hydroxylation is 1. The fraction of sp³-hybridized carbons (Fsp3) is 0.355. The average molecular weight is 556 g/mol. The highest BCUT2D eigenvalue weighted by Gasteiger charge is 2.42. The lowest BCUT2D eigenvalue weighted by Crippen LogP contribution is -2.30. The van der Waals surface area contributed by atoms with E-state index < -0.39 is 29.4 Å². The summed E-state index contributed by atoms with van der Waals surface area (Å²) in [6.07, 6.45) is -4.97. The molecule has 3 aromatic rings. The molecular weight excluding hydrogens is 523 g/mol. The third kappa shape index (κ3) is 6.47. The Morgan fingerprint density at radius 2 is 1.65 bits per heavy atom. The maximum atomic E-state index is 14.6. The molecule has 1 aliphatic heterocycles. The highest BCUT2D eigenvalue weighted by atomic mass is 19.4. The minimum absolute atomic E-state index is 0.204. The summed E-state index contributed by atoms with van der Waals surface area (Å²) >= 11 is 0. The summed E-state index contributed by atoms with van der Waals surface area (Å²) in [5.41, 5.74) is 0.855. The molecule has 0 fully saturated rings. The van der Waals surface area contributed by atoms with E-state index >= 15 is 0 Å². The van der Waals surface area contributed by atoms with E-state index in [2.05, 4.69) is 5.32 Å². The first-order valence-electron chi connectivity index (χ1n) is 12.9. The van der Waals surface area contributed by atoms with Crippen LogP contribution in [0.25, 0.3) is 22.3 Å². The average Bonchev–Trinajstić information content (AvgIpc) is 2.89. The molecule has 1 atom stereocenters. The third-order valence-electron chi connectivity index (χ3n) is 6.41. The molecule has 1 unspecified atom stereocenters. The largest absolute Gasteiger partial charge is 0.493 e. The Balaban J connectivity index is 2.07. The van der Waals surface area contributed by atoms with Crippen molar-refractivity contribution in [3.63, 3.8) is 0 Å². The van der Waals surface area contributed by atoms with Gasteiger partial charge in [-0.05, 0) is 91.8 Å². The minimum Gasteiger partial charge on any atom is -0.493 e. The van der Waals surface area contributed by atoms with Gasteiger partial charge in [0.25, 0.3) is 0 Å². The van der Waals surface area contributed by atoms with Crippen LogP contribution >= 0.6 is 0 Å². The number of rotatable bonds is 6. The number of hydrogen-bond donors (Lipinski definition) is 1. The Kier molecular flexibility index (Phi) is 8.25. The van der Waals surface area contributed by atoms with E-state index in [-0.39, 0.29) is 17.0 Å². The summed E-state index contributed by atoms with van der Waals surface area (Å²) < 4.78 is 60.6. The van der Waals surface area contributed by atoms with Crippen molar-refractivity contribution < 1.29 is 37.0 Å². The van der Waals surface area contributed by atoms with Gasteiger partial charge in [0.15, 0.2) is 6.10 Å². The zero-order chi connectivity index (χ0) is 29.2. The molecule has 0 saturated carbocycles. The smallest absolute Gasteiger partial charge is 0.416 e. The first-order chi connectivity index (χ1) is 18.8. The molecule has 0 bridgehead atoms. The van der Waals surface area contributed by atoms with Crippen molar-refractivity contribution in [2.45, 2.75) is 58.4 Å². The minimum atomic E-state index is -4.79. The Hall–Kier alpha value is -3.85. The Bertz CT molecular complexity index is 1410. The highest BCUT2D eigenvalue weighted by molar-refractivity contribution is 5.92. The molecule has 1 N–H and O–H groups in total. The molecule has 4 rings (SSSR count). The maximum absolute atomic E-state index is 14.6. The van der Waals surface area contributed by atoms with Gasteiger partial charge in [-0.2, -0.15) is 13.2 Å². The van der Waals surface area contributed by atoms with Crippen LogP contribution in [0.3, 0.4) is 0 Å². The highest BCUT2D eigenvalue weighted by Crippen LogP contribution is 2.47. The van der Waals surface area contributed by atoms with Crippen molar-refractivity contribution in [2.24, 2.45) is 0 Å². The Morgan fingerprint density at radius 1 is 0.975 bits per heavy atom. The summed E-state index contributed by atoms with van der Waals surface area (Å²) in [5, 5.41) is 2.69. The van der Waals surface area contributed by atoms with Crippen LogP contribution in [0.1, 0.15) is 56.9 Å². The third-order valence-corrected chi connectivity index (χ3v) is 6.41. The molecule has 6 nitrogen and oxygen atoms in total. The van der Waals surface area contributed by atoms with Gasteiger partial charge in [0, 0.05) is 18.2 Å². The number of benzene rings is 3. The normalized spacial score (nSPS) is 14.1. The number of fused-ring (bicyclic) bond motifs is 1. The second kappa shape index (κ2) is 11.3. The van der Waals surface area contributed by atoms with E-state index in [1.807, 2.05) is 6.07 Å². The van der Waals surface area contributed by atoms with E-state index in [0.717, 1.165) is 25.2 Å². The van der Waals surface area contributed by atoms with E-state index in [9.17, 15) is 22.8 Å². The molecule has 40 heavy (non-hydrogen) atoms. The van der Waals surface area contributed by atoms with Crippen LogP contribution in [0.15, 0.2) is 54.6 Å². The Labute approximate surface area is 231 Å². The number of esters is 1. The van der Waals surface area contributed by atoms with Gasteiger partial charge in [0.1, 0.15) is 5.75 Å². The lowest BCUT2D eigenvalue weighted by atomic mass is 9.84. The fourth-order valence-electron chi connectivity index (χ4n) is 4.83. The number of nitrogens with one attached hydrogen (secondary N) is 1. The summed E-state index contributed by atoms with van der Waals surface area (Å²) in [5.74, 6) is -0.511. The van der Waals surface area contributed by atoms with Gasteiger partial charge < -0.3 is 19.5 Å². The number of ether oxygens (including phenoxy) is 3. The van der Waals surface area contributed by atoms with Gasteiger partial charge in [0.05, 0.1) is 24.9 Å². The van der Waals surface area contributed by atoms with Crippen molar-refractivity contribution in [1.82, 2.24) is 0 Å². The maximum Gasteiger partial charge on any atom is 0.416 e. The molecule has 3 aromatic carbocycles. The fourth-order valence-corrected chi connectivity index (χ4v) is 4.83. The quantitative estimate of drug-likeness (QED) is 0.322. The number of amides is 1. The van der Waals surface area contributed by atoms with Crippen LogP contribution in [0.4, 0.5) is 18.9 Å². The molecule has 1 heterocycles. The molecule has 0 aromatic heterocycles. The number of hydrogen-bond acceptors (Lipinski definition) is 5. The van der Waals surface area contributed by atoms with Crippen molar-refractivity contribution in [1.29, 1.82) is 0 Å². The topological polar surface area (TPSA) is 73.9 Å². The molecule has 1 amide bonds. The summed E-state index contributed by atoms with van der Waals surface area (Å²) in [6, 6.07) is 14.4.